The minimum atomic E-state index is 0. The second kappa shape index (κ2) is 11.7. The first kappa shape index (κ1) is 23.2. The molecule has 0 radical (unpaired) electrons. The maximum Gasteiger partial charge on any atom is 1.00 e. The zero-order chi connectivity index (χ0) is 14.5. The van der Waals surface area contributed by atoms with E-state index in [2.05, 4.69) is 32.2 Å². The van der Waals surface area contributed by atoms with Crippen molar-refractivity contribution in [2.75, 3.05) is 65.4 Å². The summed E-state index contributed by atoms with van der Waals surface area (Å²) in [6, 6.07) is 0. The fraction of sp³-hybridized carbons (Fsp3) is 0.833. The van der Waals surface area contributed by atoms with Gasteiger partial charge in [-0.15, -0.1) is 12.6 Å². The van der Waals surface area contributed by atoms with E-state index in [1.165, 1.54) is 0 Å². The molecular weight excluding hydrogens is 367 g/mol. The molecule has 122 valence electrons. The number of thiocarbonyl (C=S) groups is 2. The van der Waals surface area contributed by atoms with Gasteiger partial charge in [-0.1, -0.05) is 16.5 Å². The molecule has 2 rings (SSSR count). The van der Waals surface area contributed by atoms with Crippen LogP contribution in [0.25, 0.3) is 0 Å². The molecule has 0 bridgehead atoms. The van der Waals surface area contributed by atoms with Crippen LogP contribution in [0.1, 0.15) is 0 Å². The maximum absolute atomic E-state index is 5.09. The molecule has 0 aromatic rings. The van der Waals surface area contributed by atoms with Crippen LogP contribution in [0.15, 0.2) is 0 Å². The molecule has 22 heavy (non-hydrogen) atoms. The Morgan fingerprint density at radius 1 is 0.818 bits per heavy atom. The Morgan fingerprint density at radius 3 is 1.50 bits per heavy atom. The van der Waals surface area contributed by atoms with Crippen molar-refractivity contribution in [3.8, 4) is 0 Å². The van der Waals surface area contributed by atoms with Gasteiger partial charge in [-0.2, -0.15) is 0 Å². The first-order valence-electron chi connectivity index (χ1n) is 6.95. The predicted octanol–water partition coefficient (Wildman–Crippen LogP) is -3.55. The second-order valence-electron chi connectivity index (χ2n) is 5.21. The monoisotopic (exact) mass is 390 g/mol. The molecule has 0 atom stereocenters. The summed E-state index contributed by atoms with van der Waals surface area (Å²) in [5, 5.41) is 0. The van der Waals surface area contributed by atoms with E-state index in [1.807, 2.05) is 0 Å². The molecule has 0 unspecified atom stereocenters. The number of nitrogens with zero attached hydrogens (tertiary/aromatic N) is 4. The molecule has 0 aromatic carbocycles. The van der Waals surface area contributed by atoms with Gasteiger partial charge in [0.05, 0.1) is 0 Å². The van der Waals surface area contributed by atoms with Gasteiger partial charge in [0.15, 0.2) is 0 Å². The fourth-order valence-electron chi connectivity index (χ4n) is 2.60. The summed E-state index contributed by atoms with van der Waals surface area (Å²) in [5.74, 6) is 0. The smallest absolute Gasteiger partial charge is 0.412 e. The molecule has 0 aliphatic carbocycles. The van der Waals surface area contributed by atoms with E-state index in [9.17, 15) is 0 Å². The van der Waals surface area contributed by atoms with E-state index in [-0.39, 0.29) is 35.0 Å². The largest absolute Gasteiger partial charge is 1.00 e. The molecule has 2 aliphatic rings. The maximum atomic E-state index is 5.09. The Morgan fingerprint density at radius 2 is 1.18 bits per heavy atom. The minimum Gasteiger partial charge on any atom is -0.412 e. The van der Waals surface area contributed by atoms with Crippen molar-refractivity contribution < 1.29 is 35.0 Å². The number of rotatable bonds is 3. The molecule has 10 heteroatoms. The van der Waals surface area contributed by atoms with Gasteiger partial charge in [0.1, 0.15) is 4.32 Å². The molecule has 2 N–H and O–H groups in total. The van der Waals surface area contributed by atoms with E-state index in [4.69, 9.17) is 37.1 Å². The first-order valence-corrected chi connectivity index (χ1v) is 8.62. The molecule has 5 nitrogen and oxygen atoms in total. The van der Waals surface area contributed by atoms with Crippen LogP contribution in [0, 0.1) is 0 Å². The summed E-state index contributed by atoms with van der Waals surface area (Å²) >= 11 is 19.4. The van der Waals surface area contributed by atoms with E-state index in [0.29, 0.717) is 4.32 Å². The summed E-state index contributed by atoms with van der Waals surface area (Å²) < 4.78 is 1.34. The van der Waals surface area contributed by atoms with E-state index >= 15 is 0 Å². The average molecular weight is 391 g/mol. The Labute approximate surface area is 177 Å². The van der Waals surface area contributed by atoms with Crippen LogP contribution >= 0.6 is 37.1 Å². The van der Waals surface area contributed by atoms with Gasteiger partial charge in [0.25, 0.3) is 0 Å². The standard InChI is InChI=1S/C12H22N4S4.Na.H2O/c17-11(18)15-7-3-13(4-8-15)1-2-14-5-9-16(10-6-14)12(19)20;;/h1-10H2,(H,17,18)(H,19,20);;1H2/q;+1;/p-1. The Bertz CT molecular complexity index is 327. The molecule has 2 heterocycles. The summed E-state index contributed by atoms with van der Waals surface area (Å²) in [4.78, 5) is 9.29. The van der Waals surface area contributed by atoms with Crippen molar-refractivity contribution in [2.45, 2.75) is 0 Å². The molecule has 2 fully saturated rings. The minimum absolute atomic E-state index is 0. The van der Waals surface area contributed by atoms with Gasteiger partial charge < -0.3 is 40.1 Å². The van der Waals surface area contributed by atoms with E-state index < -0.39 is 0 Å². The number of hydrogen-bond donors (Lipinski definition) is 1. The van der Waals surface area contributed by atoms with Crippen LogP contribution < -0.4 is 29.6 Å². The topological polar surface area (TPSA) is 44.5 Å². The average Bonchev–Trinajstić information content (AvgIpc) is 2.46. The molecular formula is C12H23N4NaOS4. The van der Waals surface area contributed by atoms with Crippen molar-refractivity contribution in [1.82, 2.24) is 19.6 Å². The fourth-order valence-corrected chi connectivity index (χ4v) is 3.35. The molecule has 0 aromatic heterocycles. The Kier molecular flexibility index (Phi) is 12.4. The van der Waals surface area contributed by atoms with E-state index in [1.54, 1.807) is 0 Å². The van der Waals surface area contributed by atoms with Crippen LogP contribution in [0.5, 0.6) is 0 Å². The molecule has 0 saturated carbocycles. The van der Waals surface area contributed by atoms with Crippen LogP contribution in [0.2, 0.25) is 0 Å². The zero-order valence-corrected chi connectivity index (χ0v) is 18.4. The third-order valence-corrected chi connectivity index (χ3v) is 5.06. The Balaban J connectivity index is 0.00000220. The number of thiol groups is 1. The normalized spacial score (nSPS) is 20.0. The van der Waals surface area contributed by atoms with Gasteiger partial charge in [-0.3, -0.25) is 9.80 Å². The van der Waals surface area contributed by atoms with Crippen LogP contribution in [-0.2, 0) is 12.6 Å². The summed E-state index contributed by atoms with van der Waals surface area (Å²) in [6.45, 7) is 10.5. The predicted molar refractivity (Wildman–Crippen MR) is 101 cm³/mol. The molecule has 2 aliphatic heterocycles. The van der Waals surface area contributed by atoms with Crippen molar-refractivity contribution in [1.29, 1.82) is 0 Å². The van der Waals surface area contributed by atoms with Gasteiger partial charge in [0.2, 0.25) is 0 Å². The molecule has 0 amide bonds. The SMILES string of the molecule is O.S=C([S-])N1CCN(CCN2CCN(C(=S)S)CC2)CC1.[Na+]. The third-order valence-electron chi connectivity index (χ3n) is 4.01. The molecule has 2 saturated heterocycles. The number of hydrogen-bond acceptors (Lipinski definition) is 5. The van der Waals surface area contributed by atoms with Crippen LogP contribution in [-0.4, -0.2) is 99.2 Å². The second-order valence-corrected chi connectivity index (χ2v) is 7.35. The van der Waals surface area contributed by atoms with Gasteiger partial charge in [-0.25, -0.2) is 0 Å². The quantitative estimate of drug-likeness (QED) is 0.232. The van der Waals surface area contributed by atoms with Crippen molar-refractivity contribution in [3.63, 3.8) is 0 Å². The van der Waals surface area contributed by atoms with E-state index in [0.717, 1.165) is 69.8 Å². The Hall–Kier alpha value is 1.23. The van der Waals surface area contributed by atoms with Crippen molar-refractivity contribution >= 4 is 58.3 Å². The first-order chi connectivity index (χ1) is 9.56. The van der Waals surface area contributed by atoms with Crippen LogP contribution in [0.4, 0.5) is 0 Å². The van der Waals surface area contributed by atoms with Crippen LogP contribution in [0.3, 0.4) is 0 Å². The summed E-state index contributed by atoms with van der Waals surface area (Å²) in [7, 11) is 0. The summed E-state index contributed by atoms with van der Waals surface area (Å²) in [5.41, 5.74) is 0. The zero-order valence-electron chi connectivity index (χ0n) is 13.0. The van der Waals surface area contributed by atoms with Gasteiger partial charge >= 0.3 is 29.6 Å². The molecule has 0 spiro atoms. The number of piperazine rings is 2. The van der Waals surface area contributed by atoms with Crippen molar-refractivity contribution in [2.24, 2.45) is 0 Å². The van der Waals surface area contributed by atoms with Gasteiger partial charge in [-0.05, 0) is 0 Å². The van der Waals surface area contributed by atoms with Crippen molar-refractivity contribution in [3.05, 3.63) is 0 Å². The van der Waals surface area contributed by atoms with Gasteiger partial charge in [0, 0.05) is 65.4 Å². The summed E-state index contributed by atoms with van der Waals surface area (Å²) in [6.07, 6.45) is 0. The third kappa shape index (κ3) is 7.42.